The Kier molecular flexibility index (Phi) is 6.13. The molecule has 0 saturated heterocycles. The molecule has 2 aromatic rings. The maximum atomic E-state index is 11.6. The van der Waals surface area contributed by atoms with Crippen LogP contribution in [-0.4, -0.2) is 6.03 Å². The third kappa shape index (κ3) is 5.26. The number of nitrogens with one attached hydrogen (secondary N) is 2. The Labute approximate surface area is 143 Å². The zero-order chi connectivity index (χ0) is 15.9. The van der Waals surface area contributed by atoms with Gasteiger partial charge in [0.05, 0.1) is 10.0 Å². The molecule has 22 heavy (non-hydrogen) atoms. The third-order valence-corrected chi connectivity index (χ3v) is 3.79. The molecule has 0 heterocycles. The van der Waals surface area contributed by atoms with E-state index in [0.717, 1.165) is 11.1 Å². The molecular weight excluding hydrogens is 343 g/mol. The average molecular weight is 356 g/mol. The zero-order valence-electron chi connectivity index (χ0n) is 11.4. The number of halogens is 3. The van der Waals surface area contributed by atoms with E-state index >= 15 is 0 Å². The van der Waals surface area contributed by atoms with Gasteiger partial charge in [0.1, 0.15) is 0 Å². The summed E-state index contributed by atoms with van der Waals surface area (Å²) in [6, 6.07) is 12.2. The van der Waals surface area contributed by atoms with Crippen LogP contribution in [0, 0.1) is 0 Å². The van der Waals surface area contributed by atoms with E-state index in [1.54, 1.807) is 36.4 Å². The van der Waals surface area contributed by atoms with Gasteiger partial charge in [-0.25, -0.2) is 4.79 Å². The van der Waals surface area contributed by atoms with Crippen LogP contribution in [0.3, 0.4) is 0 Å². The normalized spacial score (nSPS) is 10.7. The lowest BCUT2D eigenvalue weighted by Gasteiger charge is -2.05. The number of urea groups is 1. The fraction of sp³-hybridized carbons (Fsp3) is 0.0625. The lowest BCUT2D eigenvalue weighted by Crippen LogP contribution is -2.31. The van der Waals surface area contributed by atoms with Gasteiger partial charge in [-0.1, -0.05) is 53.0 Å². The predicted molar refractivity (Wildman–Crippen MR) is 92.3 cm³/mol. The molecule has 3 nitrogen and oxygen atoms in total. The summed E-state index contributed by atoms with van der Waals surface area (Å²) in [6.45, 7) is 0.420. The number of benzene rings is 2. The highest BCUT2D eigenvalue weighted by Crippen LogP contribution is 2.22. The van der Waals surface area contributed by atoms with Gasteiger partial charge in [-0.15, -0.1) is 0 Å². The van der Waals surface area contributed by atoms with Gasteiger partial charge in [0.15, 0.2) is 0 Å². The summed E-state index contributed by atoms with van der Waals surface area (Å²) in [5.74, 6) is 0. The van der Waals surface area contributed by atoms with Crippen molar-refractivity contribution in [2.24, 2.45) is 0 Å². The van der Waals surface area contributed by atoms with E-state index in [4.69, 9.17) is 34.8 Å². The van der Waals surface area contributed by atoms with Crippen LogP contribution in [0.5, 0.6) is 0 Å². The van der Waals surface area contributed by atoms with Gasteiger partial charge in [0.25, 0.3) is 0 Å². The molecule has 2 N–H and O–H groups in total. The van der Waals surface area contributed by atoms with Gasteiger partial charge in [-0.05, 0) is 41.5 Å². The Morgan fingerprint density at radius 3 is 2.41 bits per heavy atom. The SMILES string of the molecule is O=C(N/C=C/c1ccc(Cl)c(Cl)c1)NCc1ccc(Cl)cc1. The van der Waals surface area contributed by atoms with Crippen molar-refractivity contribution in [3.05, 3.63) is 74.9 Å². The zero-order valence-corrected chi connectivity index (χ0v) is 13.7. The third-order valence-electron chi connectivity index (χ3n) is 2.80. The molecule has 0 spiro atoms. The smallest absolute Gasteiger partial charge is 0.319 e. The molecule has 0 radical (unpaired) electrons. The van der Waals surface area contributed by atoms with Crippen LogP contribution >= 0.6 is 34.8 Å². The van der Waals surface area contributed by atoms with E-state index in [1.807, 2.05) is 12.1 Å². The summed E-state index contributed by atoms with van der Waals surface area (Å²) in [6.07, 6.45) is 3.26. The largest absolute Gasteiger partial charge is 0.334 e. The van der Waals surface area contributed by atoms with Crippen molar-refractivity contribution < 1.29 is 4.79 Å². The van der Waals surface area contributed by atoms with E-state index < -0.39 is 0 Å². The summed E-state index contributed by atoms with van der Waals surface area (Å²) in [4.78, 5) is 11.6. The summed E-state index contributed by atoms with van der Waals surface area (Å²) in [5.41, 5.74) is 1.81. The molecule has 114 valence electrons. The first-order valence-electron chi connectivity index (χ1n) is 6.45. The molecule has 0 aromatic heterocycles. The first-order valence-corrected chi connectivity index (χ1v) is 7.58. The fourth-order valence-corrected chi connectivity index (χ4v) is 2.10. The number of carbonyl (C=O) groups is 1. The predicted octanol–water partition coefficient (Wildman–Crippen LogP) is 5.12. The van der Waals surface area contributed by atoms with Gasteiger partial charge < -0.3 is 10.6 Å². The number of carbonyl (C=O) groups excluding carboxylic acids is 1. The second-order valence-electron chi connectivity index (χ2n) is 4.46. The summed E-state index contributed by atoms with van der Waals surface area (Å²) >= 11 is 17.5. The van der Waals surface area contributed by atoms with Gasteiger partial charge in [0.2, 0.25) is 0 Å². The summed E-state index contributed by atoms with van der Waals surface area (Å²) < 4.78 is 0. The minimum atomic E-state index is -0.300. The number of amides is 2. The van der Waals surface area contributed by atoms with Crippen LogP contribution in [0.4, 0.5) is 4.79 Å². The Morgan fingerprint density at radius 2 is 1.73 bits per heavy atom. The molecule has 0 aliphatic rings. The first-order chi connectivity index (χ1) is 10.5. The quantitative estimate of drug-likeness (QED) is 0.785. The first kappa shape index (κ1) is 16.7. The van der Waals surface area contributed by atoms with Crippen LogP contribution < -0.4 is 10.6 Å². The van der Waals surface area contributed by atoms with E-state index in [0.29, 0.717) is 21.6 Å². The molecule has 0 atom stereocenters. The highest BCUT2D eigenvalue weighted by molar-refractivity contribution is 6.42. The molecule has 0 saturated carbocycles. The van der Waals surface area contributed by atoms with Crippen molar-refractivity contribution in [1.82, 2.24) is 10.6 Å². The van der Waals surface area contributed by atoms with Crippen LogP contribution in [-0.2, 0) is 6.54 Å². The van der Waals surface area contributed by atoms with Crippen molar-refractivity contribution in [2.75, 3.05) is 0 Å². The van der Waals surface area contributed by atoms with Crippen molar-refractivity contribution in [2.45, 2.75) is 6.54 Å². The fourth-order valence-electron chi connectivity index (χ4n) is 1.67. The second-order valence-corrected chi connectivity index (χ2v) is 5.71. The maximum absolute atomic E-state index is 11.6. The van der Waals surface area contributed by atoms with Crippen molar-refractivity contribution in [3.63, 3.8) is 0 Å². The second kappa shape index (κ2) is 8.08. The highest BCUT2D eigenvalue weighted by Gasteiger charge is 1.99. The van der Waals surface area contributed by atoms with Gasteiger partial charge in [-0.3, -0.25) is 0 Å². The van der Waals surface area contributed by atoms with E-state index in [1.165, 1.54) is 6.20 Å². The van der Waals surface area contributed by atoms with Crippen molar-refractivity contribution in [1.29, 1.82) is 0 Å². The molecule has 2 rings (SSSR count). The van der Waals surface area contributed by atoms with Gasteiger partial charge in [-0.2, -0.15) is 0 Å². The molecule has 2 amide bonds. The summed E-state index contributed by atoms with van der Waals surface area (Å²) in [7, 11) is 0. The lowest BCUT2D eigenvalue weighted by atomic mass is 10.2. The molecule has 0 aliphatic heterocycles. The van der Waals surface area contributed by atoms with E-state index in [2.05, 4.69) is 10.6 Å². The number of rotatable bonds is 4. The lowest BCUT2D eigenvalue weighted by molar-refractivity contribution is 0.244. The average Bonchev–Trinajstić information content (AvgIpc) is 2.50. The minimum absolute atomic E-state index is 0.300. The standard InChI is InChI=1S/C16H13Cl3N2O/c17-13-4-1-12(2-5-13)10-21-16(22)20-8-7-11-3-6-14(18)15(19)9-11/h1-9H,10H2,(H2,20,21,22)/b8-7+. The molecule has 2 aromatic carbocycles. The minimum Gasteiger partial charge on any atom is -0.334 e. The van der Waals surface area contributed by atoms with Crippen LogP contribution in [0.15, 0.2) is 48.7 Å². The van der Waals surface area contributed by atoms with Gasteiger partial charge in [0, 0.05) is 17.8 Å². The monoisotopic (exact) mass is 354 g/mol. The number of hydrogen-bond donors (Lipinski definition) is 2. The Bertz CT molecular complexity index is 684. The molecule has 0 fully saturated rings. The van der Waals surface area contributed by atoms with Gasteiger partial charge >= 0.3 is 6.03 Å². The van der Waals surface area contributed by atoms with Crippen molar-refractivity contribution in [3.8, 4) is 0 Å². The van der Waals surface area contributed by atoms with Crippen LogP contribution in [0.25, 0.3) is 6.08 Å². The van der Waals surface area contributed by atoms with E-state index in [9.17, 15) is 4.79 Å². The van der Waals surface area contributed by atoms with E-state index in [-0.39, 0.29) is 6.03 Å². The van der Waals surface area contributed by atoms with Crippen molar-refractivity contribution >= 4 is 46.9 Å². The molecular formula is C16H13Cl3N2O. The molecule has 0 bridgehead atoms. The van der Waals surface area contributed by atoms with Crippen LogP contribution in [0.1, 0.15) is 11.1 Å². The number of hydrogen-bond acceptors (Lipinski definition) is 1. The maximum Gasteiger partial charge on any atom is 0.319 e. The molecule has 6 heteroatoms. The topological polar surface area (TPSA) is 41.1 Å². The highest BCUT2D eigenvalue weighted by atomic mass is 35.5. The Morgan fingerprint density at radius 1 is 1.00 bits per heavy atom. The Balaban J connectivity index is 1.80. The summed E-state index contributed by atoms with van der Waals surface area (Å²) in [5, 5.41) is 6.97. The van der Waals surface area contributed by atoms with Crippen LogP contribution in [0.2, 0.25) is 15.1 Å². The molecule has 0 unspecified atom stereocenters. The molecule has 0 aliphatic carbocycles. The Hall–Kier alpha value is -1.68.